The Hall–Kier alpha value is -1.99. The van der Waals surface area contributed by atoms with E-state index in [0.717, 1.165) is 16.5 Å². The highest BCUT2D eigenvalue weighted by Crippen LogP contribution is 2.18. The molecule has 0 saturated carbocycles. The van der Waals surface area contributed by atoms with Crippen LogP contribution in [0.15, 0.2) is 42.5 Å². The Morgan fingerprint density at radius 2 is 2.00 bits per heavy atom. The molecule has 0 aliphatic heterocycles. The van der Waals surface area contributed by atoms with Crippen molar-refractivity contribution in [1.82, 2.24) is 0 Å². The normalized spacial score (nSPS) is 9.94. The van der Waals surface area contributed by atoms with Crippen LogP contribution < -0.4 is 5.32 Å². The molecule has 0 aromatic heterocycles. The van der Waals surface area contributed by atoms with Crippen LogP contribution in [0.4, 0.5) is 5.69 Å². The van der Waals surface area contributed by atoms with Gasteiger partial charge >= 0.3 is 0 Å². The lowest BCUT2D eigenvalue weighted by molar-refractivity contribution is -0.113. The highest BCUT2D eigenvalue weighted by Gasteiger charge is 2.02. The largest absolute Gasteiger partial charge is 0.325 e. The van der Waals surface area contributed by atoms with Gasteiger partial charge in [0.05, 0.1) is 17.6 Å². The summed E-state index contributed by atoms with van der Waals surface area (Å²) < 4.78 is 0. The summed E-state index contributed by atoms with van der Waals surface area (Å²) in [5, 5.41) is 13.5. The number of anilines is 1. The number of nitriles is 1. The molecule has 0 radical (unpaired) electrons. The van der Waals surface area contributed by atoms with E-state index in [1.807, 2.05) is 48.5 Å². The minimum Gasteiger partial charge on any atom is -0.325 e. The van der Waals surface area contributed by atoms with Crippen molar-refractivity contribution < 1.29 is 4.79 Å². The number of thioether (sulfide) groups is 1. The second-order valence-electron chi connectivity index (χ2n) is 3.76. The van der Waals surface area contributed by atoms with Crippen molar-refractivity contribution in [3.05, 3.63) is 42.5 Å². The number of amides is 1. The average molecular weight is 256 g/mol. The Morgan fingerprint density at radius 3 is 2.78 bits per heavy atom. The van der Waals surface area contributed by atoms with Crippen LogP contribution in [0.5, 0.6) is 0 Å². The molecule has 0 fully saturated rings. The zero-order chi connectivity index (χ0) is 12.8. The fraction of sp³-hybridized carbons (Fsp3) is 0.143. The van der Waals surface area contributed by atoms with Crippen molar-refractivity contribution in [2.75, 3.05) is 16.8 Å². The highest BCUT2D eigenvalue weighted by molar-refractivity contribution is 8.00. The third-order valence-corrected chi connectivity index (χ3v) is 3.23. The number of carbonyl (C=O) groups is 1. The Morgan fingerprint density at radius 1 is 1.22 bits per heavy atom. The maximum Gasteiger partial charge on any atom is 0.234 e. The van der Waals surface area contributed by atoms with E-state index in [1.54, 1.807) is 0 Å². The predicted molar refractivity (Wildman–Crippen MR) is 75.5 cm³/mol. The molecule has 3 nitrogen and oxygen atoms in total. The van der Waals surface area contributed by atoms with Crippen LogP contribution in [0.2, 0.25) is 0 Å². The second-order valence-corrected chi connectivity index (χ2v) is 4.75. The highest BCUT2D eigenvalue weighted by atomic mass is 32.2. The number of rotatable bonds is 4. The van der Waals surface area contributed by atoms with E-state index >= 15 is 0 Å². The Balaban J connectivity index is 2.03. The number of nitrogens with one attached hydrogen (secondary N) is 1. The first kappa shape index (κ1) is 12.5. The lowest BCUT2D eigenvalue weighted by Gasteiger charge is -2.05. The predicted octanol–water partition coefficient (Wildman–Crippen LogP) is 3.04. The van der Waals surface area contributed by atoms with Crippen LogP contribution in [0, 0.1) is 11.3 Å². The number of nitrogens with zero attached hydrogens (tertiary/aromatic N) is 1. The number of hydrogen-bond acceptors (Lipinski definition) is 3. The fourth-order valence-electron chi connectivity index (χ4n) is 1.65. The summed E-state index contributed by atoms with van der Waals surface area (Å²) in [5.41, 5.74) is 0.788. The van der Waals surface area contributed by atoms with E-state index in [9.17, 15) is 4.79 Å². The van der Waals surface area contributed by atoms with Gasteiger partial charge in [0.1, 0.15) is 0 Å². The Bertz CT molecular complexity index is 604. The van der Waals surface area contributed by atoms with Crippen LogP contribution in [0.1, 0.15) is 0 Å². The maximum atomic E-state index is 11.6. The van der Waals surface area contributed by atoms with Gasteiger partial charge in [-0.05, 0) is 22.9 Å². The Labute approximate surface area is 110 Å². The van der Waals surface area contributed by atoms with Crippen LogP contribution in [0.25, 0.3) is 10.8 Å². The van der Waals surface area contributed by atoms with Gasteiger partial charge in [0.2, 0.25) is 5.91 Å². The molecule has 0 bridgehead atoms. The summed E-state index contributed by atoms with van der Waals surface area (Å²) in [7, 11) is 0. The molecule has 0 saturated heterocycles. The van der Waals surface area contributed by atoms with Crippen LogP contribution in [-0.4, -0.2) is 17.4 Å². The van der Waals surface area contributed by atoms with Crippen LogP contribution >= 0.6 is 11.8 Å². The van der Waals surface area contributed by atoms with Gasteiger partial charge in [-0.2, -0.15) is 5.26 Å². The minimum absolute atomic E-state index is 0.0782. The van der Waals surface area contributed by atoms with E-state index in [1.165, 1.54) is 11.8 Å². The molecule has 18 heavy (non-hydrogen) atoms. The second kappa shape index (κ2) is 6.08. The first-order chi connectivity index (χ1) is 8.79. The average Bonchev–Trinajstić information content (AvgIpc) is 2.39. The lowest BCUT2D eigenvalue weighted by atomic mass is 10.1. The third kappa shape index (κ3) is 3.25. The summed E-state index contributed by atoms with van der Waals surface area (Å²) in [6, 6.07) is 15.8. The molecule has 0 atom stereocenters. The quantitative estimate of drug-likeness (QED) is 0.855. The van der Waals surface area contributed by atoms with Crippen molar-refractivity contribution in [1.29, 1.82) is 5.26 Å². The number of fused-ring (bicyclic) bond motifs is 1. The monoisotopic (exact) mass is 256 g/mol. The van der Waals surface area contributed by atoms with Crippen molar-refractivity contribution in [2.24, 2.45) is 0 Å². The van der Waals surface area contributed by atoms with Crippen molar-refractivity contribution in [3.63, 3.8) is 0 Å². The van der Waals surface area contributed by atoms with Crippen molar-refractivity contribution in [2.45, 2.75) is 0 Å². The number of benzene rings is 2. The van der Waals surface area contributed by atoms with Gasteiger partial charge in [0, 0.05) is 5.69 Å². The van der Waals surface area contributed by atoms with E-state index in [0.29, 0.717) is 11.5 Å². The zero-order valence-corrected chi connectivity index (χ0v) is 10.5. The lowest BCUT2D eigenvalue weighted by Crippen LogP contribution is -2.14. The molecule has 4 heteroatoms. The molecular weight excluding hydrogens is 244 g/mol. The molecule has 1 N–H and O–H groups in total. The van der Waals surface area contributed by atoms with Gasteiger partial charge in [-0.3, -0.25) is 4.79 Å². The molecule has 0 unspecified atom stereocenters. The summed E-state index contributed by atoms with van der Waals surface area (Å²) in [6.07, 6.45) is 0. The van der Waals surface area contributed by atoms with Crippen LogP contribution in [0.3, 0.4) is 0 Å². The molecule has 0 spiro atoms. The van der Waals surface area contributed by atoms with E-state index in [-0.39, 0.29) is 5.91 Å². The third-order valence-electron chi connectivity index (χ3n) is 2.43. The first-order valence-corrected chi connectivity index (χ1v) is 6.68. The van der Waals surface area contributed by atoms with E-state index in [2.05, 4.69) is 5.32 Å². The molecular formula is C14H12N2OS. The molecule has 0 heterocycles. The molecule has 1 amide bonds. The van der Waals surface area contributed by atoms with Gasteiger partial charge in [0.25, 0.3) is 0 Å². The fourth-order valence-corrected chi connectivity index (χ4v) is 2.10. The molecule has 90 valence electrons. The van der Waals surface area contributed by atoms with Crippen LogP contribution in [-0.2, 0) is 4.79 Å². The molecule has 0 aliphatic carbocycles. The van der Waals surface area contributed by atoms with Gasteiger partial charge in [-0.15, -0.1) is 11.8 Å². The smallest absolute Gasteiger partial charge is 0.234 e. The first-order valence-electron chi connectivity index (χ1n) is 5.53. The summed E-state index contributed by atoms with van der Waals surface area (Å²) >= 11 is 1.31. The van der Waals surface area contributed by atoms with Gasteiger partial charge in [-0.25, -0.2) is 0 Å². The maximum absolute atomic E-state index is 11.6. The van der Waals surface area contributed by atoms with E-state index < -0.39 is 0 Å². The minimum atomic E-state index is -0.0782. The molecule has 2 aromatic rings. The molecule has 2 rings (SSSR count). The zero-order valence-electron chi connectivity index (χ0n) is 9.72. The van der Waals surface area contributed by atoms with Gasteiger partial charge < -0.3 is 5.32 Å². The Kier molecular flexibility index (Phi) is 4.21. The summed E-state index contributed by atoms with van der Waals surface area (Å²) in [6.45, 7) is 0. The summed E-state index contributed by atoms with van der Waals surface area (Å²) in [5.74, 6) is 0.566. The van der Waals surface area contributed by atoms with Crippen molar-refractivity contribution in [3.8, 4) is 6.07 Å². The van der Waals surface area contributed by atoms with Gasteiger partial charge in [0.15, 0.2) is 0 Å². The van der Waals surface area contributed by atoms with Crippen molar-refractivity contribution >= 4 is 34.1 Å². The SMILES string of the molecule is N#CCSCC(=O)Nc1ccc2ccccc2c1. The standard InChI is InChI=1S/C14H12N2OS/c15-7-8-18-10-14(17)16-13-6-5-11-3-1-2-4-12(11)9-13/h1-6,9H,8,10H2,(H,16,17). The number of hydrogen-bond donors (Lipinski definition) is 1. The van der Waals surface area contributed by atoms with E-state index in [4.69, 9.17) is 5.26 Å². The molecule has 2 aromatic carbocycles. The summed E-state index contributed by atoms with van der Waals surface area (Å²) in [4.78, 5) is 11.6. The van der Waals surface area contributed by atoms with Gasteiger partial charge in [-0.1, -0.05) is 30.3 Å². The molecule has 0 aliphatic rings. The topological polar surface area (TPSA) is 52.9 Å². The number of carbonyl (C=O) groups excluding carboxylic acids is 1.